The van der Waals surface area contributed by atoms with Crippen molar-refractivity contribution < 1.29 is 9.47 Å². The Balaban J connectivity index is 1.92. The molecule has 0 spiro atoms. The monoisotopic (exact) mass is 311 g/mol. The lowest BCUT2D eigenvalue weighted by Crippen LogP contribution is -2.33. The Kier molecular flexibility index (Phi) is 5.19. The zero-order chi connectivity index (χ0) is 16.1. The van der Waals surface area contributed by atoms with Crippen LogP contribution in [0.15, 0.2) is 48.5 Å². The summed E-state index contributed by atoms with van der Waals surface area (Å²) in [5.74, 6) is 1.85. The molecule has 0 amide bonds. The number of benzene rings is 2. The molecule has 0 bridgehead atoms. The lowest BCUT2D eigenvalue weighted by Gasteiger charge is -2.37. The van der Waals surface area contributed by atoms with Gasteiger partial charge in [-0.1, -0.05) is 42.8 Å². The molecule has 1 saturated heterocycles. The maximum absolute atomic E-state index is 5.63. The minimum atomic E-state index is 0.343. The third-order valence-electron chi connectivity index (χ3n) is 4.64. The van der Waals surface area contributed by atoms with E-state index in [4.69, 9.17) is 9.47 Å². The lowest BCUT2D eigenvalue weighted by molar-refractivity contribution is 0.135. The van der Waals surface area contributed by atoms with Gasteiger partial charge in [0.2, 0.25) is 0 Å². The number of piperidine rings is 1. The first-order valence-electron chi connectivity index (χ1n) is 8.32. The first kappa shape index (κ1) is 15.9. The molecule has 0 N–H and O–H groups in total. The highest BCUT2D eigenvalue weighted by atomic mass is 16.5. The van der Waals surface area contributed by atoms with Gasteiger partial charge in [0, 0.05) is 12.6 Å². The van der Waals surface area contributed by atoms with E-state index < -0.39 is 0 Å². The zero-order valence-corrected chi connectivity index (χ0v) is 14.0. The molecular weight excluding hydrogens is 286 g/mol. The van der Waals surface area contributed by atoms with Crippen LogP contribution in [0, 0.1) is 0 Å². The molecule has 2 aromatic rings. The summed E-state index contributed by atoms with van der Waals surface area (Å²) in [4.78, 5) is 2.55. The van der Waals surface area contributed by atoms with Crippen molar-refractivity contribution in [2.75, 3.05) is 20.8 Å². The molecule has 122 valence electrons. The van der Waals surface area contributed by atoms with Crippen LogP contribution >= 0.6 is 0 Å². The van der Waals surface area contributed by atoms with E-state index in [1.54, 1.807) is 14.2 Å². The van der Waals surface area contributed by atoms with E-state index in [1.165, 1.54) is 24.0 Å². The summed E-state index contributed by atoms with van der Waals surface area (Å²) < 4.78 is 11.3. The Morgan fingerprint density at radius 2 is 1.61 bits per heavy atom. The highest BCUT2D eigenvalue weighted by Crippen LogP contribution is 2.42. The first-order chi connectivity index (χ1) is 11.3. The van der Waals surface area contributed by atoms with Crippen LogP contribution in [-0.4, -0.2) is 25.7 Å². The molecule has 1 fully saturated rings. The van der Waals surface area contributed by atoms with Crippen molar-refractivity contribution in [1.29, 1.82) is 0 Å². The van der Waals surface area contributed by atoms with Crippen molar-refractivity contribution in [3.8, 4) is 11.5 Å². The largest absolute Gasteiger partial charge is 0.496 e. The van der Waals surface area contributed by atoms with Crippen LogP contribution in [0.5, 0.6) is 11.5 Å². The fourth-order valence-electron chi connectivity index (χ4n) is 3.53. The van der Waals surface area contributed by atoms with Crippen molar-refractivity contribution in [1.82, 2.24) is 4.90 Å². The fourth-order valence-corrected chi connectivity index (χ4v) is 3.53. The SMILES string of the molecule is COc1cccc(OC)c1[C@H]1CCCCN1Cc1ccccc1. The molecule has 1 atom stereocenters. The maximum Gasteiger partial charge on any atom is 0.127 e. The van der Waals surface area contributed by atoms with Crippen molar-refractivity contribution in [2.24, 2.45) is 0 Å². The molecule has 3 rings (SSSR count). The van der Waals surface area contributed by atoms with Gasteiger partial charge in [0.1, 0.15) is 11.5 Å². The molecule has 0 saturated carbocycles. The van der Waals surface area contributed by atoms with Crippen LogP contribution in [0.1, 0.15) is 36.4 Å². The van der Waals surface area contributed by atoms with Gasteiger partial charge < -0.3 is 9.47 Å². The number of hydrogen-bond donors (Lipinski definition) is 0. The van der Waals surface area contributed by atoms with Crippen LogP contribution in [0.2, 0.25) is 0 Å². The smallest absolute Gasteiger partial charge is 0.127 e. The number of methoxy groups -OCH3 is 2. The molecule has 1 aliphatic rings. The lowest BCUT2D eigenvalue weighted by atomic mass is 9.93. The van der Waals surface area contributed by atoms with E-state index in [1.807, 2.05) is 18.2 Å². The van der Waals surface area contributed by atoms with Crippen LogP contribution in [0.3, 0.4) is 0 Å². The van der Waals surface area contributed by atoms with E-state index in [-0.39, 0.29) is 0 Å². The van der Waals surface area contributed by atoms with Crippen LogP contribution in [0.25, 0.3) is 0 Å². The van der Waals surface area contributed by atoms with Gasteiger partial charge in [0.05, 0.1) is 19.8 Å². The summed E-state index contributed by atoms with van der Waals surface area (Å²) in [6, 6.07) is 17.1. The highest BCUT2D eigenvalue weighted by Gasteiger charge is 2.29. The van der Waals surface area contributed by atoms with Crippen LogP contribution in [-0.2, 0) is 6.54 Å². The number of rotatable bonds is 5. The minimum absolute atomic E-state index is 0.343. The average Bonchev–Trinajstić information content (AvgIpc) is 2.62. The Morgan fingerprint density at radius 3 is 2.26 bits per heavy atom. The molecule has 0 aromatic heterocycles. The number of nitrogens with zero attached hydrogens (tertiary/aromatic N) is 1. The summed E-state index contributed by atoms with van der Waals surface area (Å²) in [5.41, 5.74) is 2.54. The summed E-state index contributed by atoms with van der Waals surface area (Å²) >= 11 is 0. The summed E-state index contributed by atoms with van der Waals surface area (Å²) in [7, 11) is 3.48. The maximum atomic E-state index is 5.63. The molecule has 0 radical (unpaired) electrons. The van der Waals surface area contributed by atoms with Gasteiger partial charge in [0.15, 0.2) is 0 Å². The minimum Gasteiger partial charge on any atom is -0.496 e. The normalized spacial score (nSPS) is 18.6. The van der Waals surface area contributed by atoms with Crippen LogP contribution < -0.4 is 9.47 Å². The summed E-state index contributed by atoms with van der Waals surface area (Å²) in [6.45, 7) is 2.08. The third-order valence-corrected chi connectivity index (χ3v) is 4.64. The Labute approximate surface area is 138 Å². The summed E-state index contributed by atoms with van der Waals surface area (Å²) in [6.07, 6.45) is 3.64. The molecule has 23 heavy (non-hydrogen) atoms. The number of ether oxygens (including phenoxy) is 2. The Morgan fingerprint density at radius 1 is 0.913 bits per heavy atom. The Bertz CT molecular complexity index is 605. The van der Waals surface area contributed by atoms with Gasteiger partial charge in [0.25, 0.3) is 0 Å². The molecule has 3 heteroatoms. The number of likely N-dealkylation sites (tertiary alicyclic amines) is 1. The summed E-state index contributed by atoms with van der Waals surface area (Å²) in [5, 5.41) is 0. The predicted molar refractivity (Wildman–Crippen MR) is 93.0 cm³/mol. The second-order valence-electron chi connectivity index (χ2n) is 6.04. The molecule has 3 nitrogen and oxygen atoms in total. The van der Waals surface area contributed by atoms with Crippen molar-refractivity contribution in [2.45, 2.75) is 31.8 Å². The molecule has 0 unspecified atom stereocenters. The average molecular weight is 311 g/mol. The van der Waals surface area contributed by atoms with E-state index in [9.17, 15) is 0 Å². The topological polar surface area (TPSA) is 21.7 Å². The van der Waals surface area contributed by atoms with Gasteiger partial charge in [-0.3, -0.25) is 4.90 Å². The third kappa shape index (κ3) is 3.50. The molecule has 1 aliphatic heterocycles. The van der Waals surface area contributed by atoms with Crippen LogP contribution in [0.4, 0.5) is 0 Å². The number of hydrogen-bond acceptors (Lipinski definition) is 3. The van der Waals surface area contributed by atoms with Gasteiger partial charge in [-0.05, 0) is 37.1 Å². The molecular formula is C20H25NO2. The first-order valence-corrected chi connectivity index (χ1v) is 8.32. The molecule has 2 aromatic carbocycles. The second kappa shape index (κ2) is 7.51. The quantitative estimate of drug-likeness (QED) is 0.815. The van der Waals surface area contributed by atoms with Crippen molar-refractivity contribution >= 4 is 0 Å². The van der Waals surface area contributed by atoms with Crippen molar-refractivity contribution in [3.63, 3.8) is 0 Å². The van der Waals surface area contributed by atoms with E-state index in [0.29, 0.717) is 6.04 Å². The van der Waals surface area contributed by atoms with E-state index >= 15 is 0 Å². The van der Waals surface area contributed by atoms with Gasteiger partial charge in [-0.15, -0.1) is 0 Å². The molecule has 0 aliphatic carbocycles. The Hall–Kier alpha value is -2.00. The van der Waals surface area contributed by atoms with Gasteiger partial charge in [-0.25, -0.2) is 0 Å². The van der Waals surface area contributed by atoms with E-state index in [0.717, 1.165) is 31.0 Å². The zero-order valence-electron chi connectivity index (χ0n) is 14.0. The highest BCUT2D eigenvalue weighted by molar-refractivity contribution is 5.47. The van der Waals surface area contributed by atoms with Crippen molar-refractivity contribution in [3.05, 3.63) is 59.7 Å². The van der Waals surface area contributed by atoms with Gasteiger partial charge >= 0.3 is 0 Å². The predicted octanol–water partition coefficient (Wildman–Crippen LogP) is 4.43. The standard InChI is InChI=1S/C20H25NO2/c1-22-18-12-8-13-19(23-2)20(18)17-11-6-7-14-21(17)15-16-9-4-3-5-10-16/h3-5,8-10,12-13,17H,6-7,11,14-15H2,1-2H3/t17-/m1/s1. The second-order valence-corrected chi connectivity index (χ2v) is 6.04. The van der Waals surface area contributed by atoms with E-state index in [2.05, 4.69) is 35.2 Å². The fraction of sp³-hybridized carbons (Fsp3) is 0.400. The molecule has 1 heterocycles. The van der Waals surface area contributed by atoms with Gasteiger partial charge in [-0.2, -0.15) is 0 Å².